The van der Waals surface area contributed by atoms with Crippen molar-refractivity contribution in [3.05, 3.63) is 77.1 Å². The van der Waals surface area contributed by atoms with E-state index in [-0.39, 0.29) is 5.91 Å². The fourth-order valence-corrected chi connectivity index (χ4v) is 2.68. The van der Waals surface area contributed by atoms with Crippen LogP contribution < -0.4 is 10.1 Å². The highest BCUT2D eigenvalue weighted by atomic mass is 35.5. The van der Waals surface area contributed by atoms with Gasteiger partial charge < -0.3 is 10.1 Å². The average molecular weight is 368 g/mol. The van der Waals surface area contributed by atoms with E-state index in [4.69, 9.17) is 16.3 Å². The lowest BCUT2D eigenvalue weighted by molar-refractivity contribution is -0.111. The molecule has 0 spiro atoms. The van der Waals surface area contributed by atoms with Crippen molar-refractivity contribution >= 4 is 29.3 Å². The average Bonchev–Trinajstić information content (AvgIpc) is 2.88. The maximum Gasteiger partial charge on any atom is 0.248 e. The van der Waals surface area contributed by atoms with Crippen LogP contribution in [0.25, 0.3) is 6.08 Å². The Morgan fingerprint density at radius 2 is 1.85 bits per heavy atom. The quantitative estimate of drug-likeness (QED) is 0.657. The number of nitrogens with one attached hydrogen (secondary N) is 1. The molecule has 6 heteroatoms. The number of ether oxygens (including phenoxy) is 1. The first kappa shape index (κ1) is 17.8. The van der Waals surface area contributed by atoms with Crippen LogP contribution >= 0.6 is 11.6 Å². The lowest BCUT2D eigenvalue weighted by Crippen LogP contribution is -2.08. The van der Waals surface area contributed by atoms with Crippen LogP contribution in [0.1, 0.15) is 11.3 Å². The maximum atomic E-state index is 12.3. The molecule has 5 nitrogen and oxygen atoms in total. The number of benzene rings is 2. The number of carbonyl (C=O) groups is 1. The summed E-state index contributed by atoms with van der Waals surface area (Å²) < 4.78 is 7.41. The van der Waals surface area contributed by atoms with Crippen LogP contribution in [0.4, 0.5) is 5.69 Å². The topological polar surface area (TPSA) is 56.2 Å². The van der Waals surface area contributed by atoms with Gasteiger partial charge in [-0.2, -0.15) is 5.10 Å². The fourth-order valence-electron chi connectivity index (χ4n) is 2.44. The van der Waals surface area contributed by atoms with E-state index >= 15 is 0 Å². The number of para-hydroxylation sites is 3. The summed E-state index contributed by atoms with van der Waals surface area (Å²) in [6.45, 7) is 1.84. The van der Waals surface area contributed by atoms with Gasteiger partial charge in [0.15, 0.2) is 5.75 Å². The number of carbonyl (C=O) groups excluding carboxylic acids is 1. The molecular formula is C20H18ClN3O2. The summed E-state index contributed by atoms with van der Waals surface area (Å²) >= 11 is 6.17. The van der Waals surface area contributed by atoms with Gasteiger partial charge in [0.1, 0.15) is 10.9 Å². The predicted octanol–water partition coefficient (Wildman–Crippen LogP) is 4.83. The minimum atomic E-state index is -0.284. The van der Waals surface area contributed by atoms with Crippen molar-refractivity contribution in [3.63, 3.8) is 0 Å². The summed E-state index contributed by atoms with van der Waals surface area (Å²) in [5.74, 6) is 0.979. The van der Waals surface area contributed by atoms with Gasteiger partial charge in [0.25, 0.3) is 0 Å². The number of hydrogen-bond acceptors (Lipinski definition) is 3. The summed E-state index contributed by atoms with van der Waals surface area (Å²) in [4.78, 5) is 12.3. The second kappa shape index (κ2) is 7.89. The molecule has 0 bridgehead atoms. The summed E-state index contributed by atoms with van der Waals surface area (Å²) in [5, 5.41) is 7.53. The van der Waals surface area contributed by atoms with Gasteiger partial charge in [-0.25, -0.2) is 0 Å². The summed E-state index contributed by atoms with van der Waals surface area (Å²) in [6, 6.07) is 16.7. The number of amides is 1. The van der Waals surface area contributed by atoms with Gasteiger partial charge in [0.2, 0.25) is 5.91 Å². The van der Waals surface area contributed by atoms with E-state index in [1.165, 1.54) is 6.08 Å². The summed E-state index contributed by atoms with van der Waals surface area (Å²) in [5.41, 5.74) is 2.06. The van der Waals surface area contributed by atoms with E-state index in [0.717, 1.165) is 11.3 Å². The number of rotatable bonds is 5. The van der Waals surface area contributed by atoms with Crippen LogP contribution in [0.3, 0.4) is 0 Å². The largest absolute Gasteiger partial charge is 0.455 e. The van der Waals surface area contributed by atoms with E-state index < -0.39 is 0 Å². The van der Waals surface area contributed by atoms with E-state index in [9.17, 15) is 4.79 Å². The van der Waals surface area contributed by atoms with Gasteiger partial charge in [-0.1, -0.05) is 41.9 Å². The molecule has 1 heterocycles. The minimum Gasteiger partial charge on any atom is -0.455 e. The van der Waals surface area contributed by atoms with Gasteiger partial charge in [-0.15, -0.1) is 0 Å². The van der Waals surface area contributed by atoms with Crippen LogP contribution in [0.15, 0.2) is 60.7 Å². The smallest absolute Gasteiger partial charge is 0.248 e. The molecular weight excluding hydrogens is 350 g/mol. The first-order valence-electron chi connectivity index (χ1n) is 8.04. The Morgan fingerprint density at radius 1 is 1.15 bits per heavy atom. The molecule has 0 fully saturated rings. The molecule has 0 saturated heterocycles. The van der Waals surface area contributed by atoms with E-state index in [1.54, 1.807) is 29.9 Å². The first-order valence-corrected chi connectivity index (χ1v) is 8.42. The van der Waals surface area contributed by atoms with Crippen molar-refractivity contribution in [1.29, 1.82) is 0 Å². The SMILES string of the molecule is Cc1nn(C)c(Cl)c1/C=C/C(=O)Nc1ccccc1Oc1ccccc1. The number of aryl methyl sites for hydroxylation is 2. The zero-order valence-corrected chi connectivity index (χ0v) is 15.2. The zero-order chi connectivity index (χ0) is 18.5. The zero-order valence-electron chi connectivity index (χ0n) is 14.4. The Morgan fingerprint density at radius 3 is 2.54 bits per heavy atom. The van der Waals surface area contributed by atoms with Gasteiger partial charge in [0, 0.05) is 18.7 Å². The standard InChI is InChI=1S/C20H18ClN3O2/c1-14-16(20(21)24(2)23-14)12-13-19(25)22-17-10-6-7-11-18(17)26-15-8-4-3-5-9-15/h3-13H,1-2H3,(H,22,25)/b13-12+. The number of halogens is 1. The van der Waals surface area contributed by atoms with Crippen molar-refractivity contribution < 1.29 is 9.53 Å². The van der Waals surface area contributed by atoms with Gasteiger partial charge in [-0.3, -0.25) is 9.48 Å². The molecule has 2 aromatic carbocycles. The second-order valence-electron chi connectivity index (χ2n) is 5.65. The normalized spacial score (nSPS) is 10.9. The Balaban J connectivity index is 1.74. The van der Waals surface area contributed by atoms with Gasteiger partial charge in [-0.05, 0) is 37.3 Å². The molecule has 0 aliphatic heterocycles. The number of hydrogen-bond donors (Lipinski definition) is 1. The molecule has 0 aliphatic carbocycles. The highest BCUT2D eigenvalue weighted by molar-refractivity contribution is 6.31. The van der Waals surface area contributed by atoms with Crippen molar-refractivity contribution in [3.8, 4) is 11.5 Å². The molecule has 3 rings (SSSR count). The van der Waals surface area contributed by atoms with Crippen molar-refractivity contribution in [2.75, 3.05) is 5.32 Å². The lowest BCUT2D eigenvalue weighted by Gasteiger charge is -2.11. The Labute approximate surface area is 156 Å². The molecule has 0 radical (unpaired) electrons. The molecule has 0 aliphatic rings. The maximum absolute atomic E-state index is 12.3. The number of aromatic nitrogens is 2. The third-order valence-corrected chi connectivity index (χ3v) is 4.16. The fraction of sp³-hybridized carbons (Fsp3) is 0.100. The highest BCUT2D eigenvalue weighted by Gasteiger charge is 2.10. The van der Waals surface area contributed by atoms with E-state index in [0.29, 0.717) is 22.3 Å². The molecule has 0 unspecified atom stereocenters. The van der Waals surface area contributed by atoms with E-state index in [2.05, 4.69) is 10.4 Å². The summed E-state index contributed by atoms with van der Waals surface area (Å²) in [7, 11) is 1.75. The van der Waals surface area contributed by atoms with Crippen LogP contribution in [-0.4, -0.2) is 15.7 Å². The van der Waals surface area contributed by atoms with Crippen LogP contribution in [0, 0.1) is 6.92 Å². The van der Waals surface area contributed by atoms with Crippen LogP contribution in [0.2, 0.25) is 5.15 Å². The second-order valence-corrected chi connectivity index (χ2v) is 6.01. The third-order valence-electron chi connectivity index (χ3n) is 3.71. The molecule has 3 aromatic rings. The molecule has 0 saturated carbocycles. The van der Waals surface area contributed by atoms with Crippen molar-refractivity contribution in [1.82, 2.24) is 9.78 Å². The Bertz CT molecular complexity index is 949. The Kier molecular flexibility index (Phi) is 5.39. The third kappa shape index (κ3) is 4.13. The lowest BCUT2D eigenvalue weighted by atomic mass is 10.2. The molecule has 1 amide bonds. The Hall–Kier alpha value is -3.05. The van der Waals surface area contributed by atoms with Crippen LogP contribution in [-0.2, 0) is 11.8 Å². The number of anilines is 1. The van der Waals surface area contributed by atoms with Gasteiger partial charge >= 0.3 is 0 Å². The number of nitrogens with zero attached hydrogens (tertiary/aromatic N) is 2. The van der Waals surface area contributed by atoms with Crippen molar-refractivity contribution in [2.24, 2.45) is 7.05 Å². The molecule has 132 valence electrons. The summed E-state index contributed by atoms with van der Waals surface area (Å²) in [6.07, 6.45) is 3.08. The molecule has 0 atom stereocenters. The molecule has 26 heavy (non-hydrogen) atoms. The van der Waals surface area contributed by atoms with Crippen LogP contribution in [0.5, 0.6) is 11.5 Å². The first-order chi connectivity index (χ1) is 12.5. The predicted molar refractivity (Wildman–Crippen MR) is 104 cm³/mol. The van der Waals surface area contributed by atoms with Gasteiger partial charge in [0.05, 0.1) is 11.4 Å². The monoisotopic (exact) mass is 367 g/mol. The van der Waals surface area contributed by atoms with Crippen molar-refractivity contribution in [2.45, 2.75) is 6.92 Å². The molecule has 1 N–H and O–H groups in total. The molecule has 1 aromatic heterocycles. The van der Waals surface area contributed by atoms with E-state index in [1.807, 2.05) is 49.4 Å². The highest BCUT2D eigenvalue weighted by Crippen LogP contribution is 2.29. The minimum absolute atomic E-state index is 0.284.